The van der Waals surface area contributed by atoms with Crippen LogP contribution in [0.25, 0.3) is 11.3 Å². The van der Waals surface area contributed by atoms with Gasteiger partial charge < -0.3 is 0 Å². The third kappa shape index (κ3) is 3.62. The van der Waals surface area contributed by atoms with Gasteiger partial charge in [0.15, 0.2) is 5.78 Å². The molecule has 6 nitrogen and oxygen atoms in total. The Balaban J connectivity index is 1.76. The minimum atomic E-state index is -0.0509. The summed E-state index contributed by atoms with van der Waals surface area (Å²) in [4.78, 5) is 11.3. The van der Waals surface area contributed by atoms with Gasteiger partial charge in [-0.05, 0) is 31.2 Å². The predicted molar refractivity (Wildman–Crippen MR) is 94.3 cm³/mol. The molecule has 0 aliphatic heterocycles. The maximum absolute atomic E-state index is 11.3. The molecule has 0 fully saturated rings. The van der Waals surface area contributed by atoms with Crippen LogP contribution in [0.15, 0.2) is 42.7 Å². The van der Waals surface area contributed by atoms with Crippen LogP contribution in [-0.2, 0) is 6.54 Å². The lowest BCUT2D eigenvalue weighted by atomic mass is 10.1. The number of Topliss-reactive ketones (excluding diaryl/α,β-unsaturated/α-hetero) is 1. The fraction of sp³-hybridized carbons (Fsp3) is 0.222. The van der Waals surface area contributed by atoms with Gasteiger partial charge in [-0.25, -0.2) is 0 Å². The van der Waals surface area contributed by atoms with Gasteiger partial charge in [0.2, 0.25) is 0 Å². The smallest absolute Gasteiger partial charge is 0.179 e. The number of rotatable bonds is 5. The summed E-state index contributed by atoms with van der Waals surface area (Å²) >= 11 is 6.08. The first-order chi connectivity index (χ1) is 12.0. The van der Waals surface area contributed by atoms with E-state index in [0.29, 0.717) is 22.8 Å². The van der Waals surface area contributed by atoms with E-state index in [0.717, 1.165) is 11.3 Å². The van der Waals surface area contributed by atoms with Crippen LogP contribution in [0, 0.1) is 11.3 Å². The molecule has 0 bridgehead atoms. The number of nitrogens with zero attached hydrogens (tertiary/aromatic N) is 5. The van der Waals surface area contributed by atoms with Gasteiger partial charge in [-0.15, -0.1) is 0 Å². The van der Waals surface area contributed by atoms with Crippen molar-refractivity contribution in [1.82, 2.24) is 19.6 Å². The highest BCUT2D eigenvalue weighted by Crippen LogP contribution is 2.24. The Morgan fingerprint density at radius 2 is 2.08 bits per heavy atom. The van der Waals surface area contributed by atoms with Crippen LogP contribution in [-0.4, -0.2) is 25.3 Å². The van der Waals surface area contributed by atoms with Crippen LogP contribution in [0.4, 0.5) is 0 Å². The van der Waals surface area contributed by atoms with E-state index in [2.05, 4.69) is 10.2 Å². The first-order valence-electron chi connectivity index (χ1n) is 7.77. The number of aromatic nitrogens is 4. The minimum Gasteiger partial charge on any atom is -0.293 e. The number of carbonyl (C=O) groups excluding carboxylic acids is 1. The van der Waals surface area contributed by atoms with Gasteiger partial charge >= 0.3 is 0 Å². The number of nitriles is 1. The molecule has 0 radical (unpaired) electrons. The van der Waals surface area contributed by atoms with Crippen molar-refractivity contribution in [3.05, 3.63) is 59.0 Å². The second-order valence-electron chi connectivity index (χ2n) is 5.82. The Morgan fingerprint density at radius 1 is 1.28 bits per heavy atom. The molecule has 0 saturated heterocycles. The summed E-state index contributed by atoms with van der Waals surface area (Å²) in [6, 6.07) is 11.0. The molecule has 0 amide bonds. The van der Waals surface area contributed by atoms with Crippen LogP contribution in [0.2, 0.25) is 5.02 Å². The van der Waals surface area contributed by atoms with Crippen LogP contribution in [0.5, 0.6) is 0 Å². The number of hydrogen-bond donors (Lipinski definition) is 0. The number of halogens is 1. The zero-order valence-corrected chi connectivity index (χ0v) is 14.6. The molecule has 0 saturated carbocycles. The number of hydrogen-bond acceptors (Lipinski definition) is 4. The molecule has 0 aliphatic carbocycles. The predicted octanol–water partition coefficient (Wildman–Crippen LogP) is 3.74. The molecular formula is C18H16ClN5O. The monoisotopic (exact) mass is 353 g/mol. The van der Waals surface area contributed by atoms with Gasteiger partial charge in [-0.1, -0.05) is 17.7 Å². The zero-order chi connectivity index (χ0) is 18.0. The number of ketones is 1. The van der Waals surface area contributed by atoms with Crippen molar-refractivity contribution in [2.24, 2.45) is 0 Å². The summed E-state index contributed by atoms with van der Waals surface area (Å²) in [5.74, 6) is -0.0509. The van der Waals surface area contributed by atoms with E-state index in [4.69, 9.17) is 16.9 Å². The van der Waals surface area contributed by atoms with E-state index in [1.807, 2.05) is 36.0 Å². The van der Waals surface area contributed by atoms with Crippen molar-refractivity contribution in [1.29, 1.82) is 5.26 Å². The SMILES string of the molecule is CC(=O)c1ccn([C@@H](C)Cn2ccc(-c3ccc(C#N)c(Cl)c3)n2)n1. The first-order valence-corrected chi connectivity index (χ1v) is 8.15. The third-order valence-corrected chi connectivity index (χ3v) is 4.21. The van der Waals surface area contributed by atoms with Gasteiger partial charge in [0, 0.05) is 24.9 Å². The lowest BCUT2D eigenvalue weighted by Gasteiger charge is -2.12. The van der Waals surface area contributed by atoms with Crippen molar-refractivity contribution in [2.45, 2.75) is 26.4 Å². The highest BCUT2D eigenvalue weighted by atomic mass is 35.5. The maximum Gasteiger partial charge on any atom is 0.179 e. The molecule has 0 aliphatic rings. The molecule has 1 aromatic carbocycles. The molecule has 126 valence electrons. The largest absolute Gasteiger partial charge is 0.293 e. The van der Waals surface area contributed by atoms with Gasteiger partial charge in [-0.3, -0.25) is 14.2 Å². The van der Waals surface area contributed by atoms with Gasteiger partial charge in [0.25, 0.3) is 0 Å². The maximum atomic E-state index is 11.3. The van der Waals surface area contributed by atoms with Crippen LogP contribution in [0.1, 0.15) is 35.9 Å². The molecule has 3 rings (SSSR count). The highest BCUT2D eigenvalue weighted by Gasteiger charge is 2.12. The topological polar surface area (TPSA) is 76.5 Å². The second-order valence-corrected chi connectivity index (χ2v) is 6.22. The molecular weight excluding hydrogens is 338 g/mol. The fourth-order valence-corrected chi connectivity index (χ4v) is 2.73. The Kier molecular flexibility index (Phi) is 4.68. The third-order valence-electron chi connectivity index (χ3n) is 3.90. The normalized spacial score (nSPS) is 11.9. The van der Waals surface area contributed by atoms with Crippen molar-refractivity contribution in [3.8, 4) is 17.3 Å². The first kappa shape index (κ1) is 16.9. The van der Waals surface area contributed by atoms with Crippen LogP contribution < -0.4 is 0 Å². The molecule has 7 heteroatoms. The number of benzene rings is 1. The Labute approximate surface area is 150 Å². The molecule has 25 heavy (non-hydrogen) atoms. The van der Waals surface area contributed by atoms with Crippen molar-refractivity contribution in [2.75, 3.05) is 0 Å². The summed E-state index contributed by atoms with van der Waals surface area (Å²) in [6.45, 7) is 4.12. The summed E-state index contributed by atoms with van der Waals surface area (Å²) in [7, 11) is 0. The molecule has 0 unspecified atom stereocenters. The molecule has 2 aromatic heterocycles. The van der Waals surface area contributed by atoms with Gasteiger partial charge in [0.1, 0.15) is 11.8 Å². The van der Waals surface area contributed by atoms with E-state index in [9.17, 15) is 4.79 Å². The summed E-state index contributed by atoms with van der Waals surface area (Å²) < 4.78 is 3.58. The van der Waals surface area contributed by atoms with E-state index in [1.165, 1.54) is 6.92 Å². The molecule has 0 N–H and O–H groups in total. The molecule has 3 aromatic rings. The van der Waals surface area contributed by atoms with Crippen molar-refractivity contribution >= 4 is 17.4 Å². The van der Waals surface area contributed by atoms with Gasteiger partial charge in [-0.2, -0.15) is 15.5 Å². The highest BCUT2D eigenvalue weighted by molar-refractivity contribution is 6.32. The van der Waals surface area contributed by atoms with Crippen molar-refractivity contribution in [3.63, 3.8) is 0 Å². The zero-order valence-electron chi connectivity index (χ0n) is 13.8. The molecule has 1 atom stereocenters. The summed E-state index contributed by atoms with van der Waals surface area (Å²) in [6.07, 6.45) is 3.68. The number of carbonyl (C=O) groups is 1. The van der Waals surface area contributed by atoms with E-state index in [1.54, 1.807) is 29.1 Å². The van der Waals surface area contributed by atoms with E-state index < -0.39 is 0 Å². The standard InChI is InChI=1S/C18H16ClN5O/c1-12(24-8-6-17(22-24)13(2)25)11-23-7-5-18(21-23)14-3-4-15(10-20)16(19)9-14/h3-9,12H,11H2,1-2H3/t12-/m0/s1. The lowest BCUT2D eigenvalue weighted by Crippen LogP contribution is -2.14. The Bertz CT molecular complexity index is 966. The average Bonchev–Trinajstić information content (AvgIpc) is 3.24. The van der Waals surface area contributed by atoms with E-state index in [-0.39, 0.29) is 11.8 Å². The summed E-state index contributed by atoms with van der Waals surface area (Å²) in [5, 5.41) is 18.2. The molecule has 0 spiro atoms. The van der Waals surface area contributed by atoms with Crippen LogP contribution >= 0.6 is 11.6 Å². The minimum absolute atomic E-state index is 0.0467. The Morgan fingerprint density at radius 3 is 2.72 bits per heavy atom. The fourth-order valence-electron chi connectivity index (χ4n) is 2.51. The second kappa shape index (κ2) is 6.91. The quantitative estimate of drug-likeness (QED) is 0.655. The average molecular weight is 354 g/mol. The van der Waals surface area contributed by atoms with E-state index >= 15 is 0 Å². The van der Waals surface area contributed by atoms with Crippen molar-refractivity contribution < 1.29 is 4.79 Å². The van der Waals surface area contributed by atoms with Crippen LogP contribution in [0.3, 0.4) is 0 Å². The Hall–Kier alpha value is -2.91. The molecule has 2 heterocycles. The lowest BCUT2D eigenvalue weighted by molar-refractivity contribution is 0.101. The summed E-state index contributed by atoms with van der Waals surface area (Å²) in [5.41, 5.74) is 2.54. The van der Waals surface area contributed by atoms with Gasteiger partial charge in [0.05, 0.1) is 28.9 Å².